The fraction of sp³-hybridized carbons (Fsp3) is 0.250. The lowest BCUT2D eigenvalue weighted by molar-refractivity contribution is 0.0954. The number of tetrazole rings is 1. The van der Waals surface area contributed by atoms with Gasteiger partial charge in [0.05, 0.1) is 15.2 Å². The Bertz CT molecular complexity index is 475. The Kier molecular flexibility index (Phi) is 3.30. The first-order valence-electron chi connectivity index (χ1n) is 4.43. The van der Waals surface area contributed by atoms with Crippen LogP contribution in [0.15, 0.2) is 9.85 Å². The molecule has 84 valence electrons. The molecule has 2 N–H and O–H groups in total. The zero-order valence-electron chi connectivity index (χ0n) is 8.32. The monoisotopic (exact) mass is 301 g/mol. The summed E-state index contributed by atoms with van der Waals surface area (Å²) in [5.74, 6) is 0.323. The van der Waals surface area contributed by atoms with Crippen LogP contribution in [0.1, 0.15) is 21.1 Å². The van der Waals surface area contributed by atoms with Gasteiger partial charge in [-0.15, -0.1) is 21.5 Å². The molecule has 0 bridgehead atoms. The first-order valence-corrected chi connectivity index (χ1v) is 6.04. The molecule has 0 aromatic carbocycles. The van der Waals surface area contributed by atoms with Crippen molar-refractivity contribution in [3.05, 3.63) is 26.1 Å². The van der Waals surface area contributed by atoms with Crippen molar-refractivity contribution in [1.29, 1.82) is 0 Å². The van der Waals surface area contributed by atoms with Gasteiger partial charge in [0.1, 0.15) is 0 Å². The molecule has 2 rings (SSSR count). The number of amides is 1. The van der Waals surface area contributed by atoms with Crippen LogP contribution >= 0.6 is 27.3 Å². The van der Waals surface area contributed by atoms with Gasteiger partial charge in [-0.05, 0) is 34.5 Å². The summed E-state index contributed by atoms with van der Waals surface area (Å²) in [5, 5.41) is 15.9. The van der Waals surface area contributed by atoms with Crippen molar-refractivity contribution < 1.29 is 4.79 Å². The summed E-state index contributed by atoms with van der Waals surface area (Å²) in [7, 11) is 0. The number of H-pyrrole nitrogens is 1. The summed E-state index contributed by atoms with van der Waals surface area (Å²) in [4.78, 5) is 12.4. The third kappa shape index (κ3) is 2.45. The molecule has 0 radical (unpaired) electrons. The number of rotatable bonds is 3. The molecule has 0 saturated carbocycles. The highest BCUT2D eigenvalue weighted by atomic mass is 79.9. The smallest absolute Gasteiger partial charge is 0.261 e. The van der Waals surface area contributed by atoms with Crippen LogP contribution in [-0.4, -0.2) is 26.5 Å². The van der Waals surface area contributed by atoms with Crippen molar-refractivity contribution in [3.63, 3.8) is 0 Å². The Balaban J connectivity index is 1.98. The van der Waals surface area contributed by atoms with Crippen LogP contribution < -0.4 is 5.32 Å². The van der Waals surface area contributed by atoms with Gasteiger partial charge in [-0.3, -0.25) is 4.79 Å². The number of carbonyl (C=O) groups excluding carboxylic acids is 1. The van der Waals surface area contributed by atoms with Crippen LogP contribution in [0.5, 0.6) is 0 Å². The summed E-state index contributed by atoms with van der Waals surface area (Å²) in [6.07, 6.45) is 0. The van der Waals surface area contributed by atoms with E-state index in [4.69, 9.17) is 0 Å². The zero-order chi connectivity index (χ0) is 11.5. The minimum absolute atomic E-state index is 0.136. The van der Waals surface area contributed by atoms with Gasteiger partial charge in [-0.2, -0.15) is 5.21 Å². The molecule has 0 fully saturated rings. The molecule has 1 amide bonds. The summed E-state index contributed by atoms with van der Waals surface area (Å²) >= 11 is 4.77. The SMILES string of the molecule is Cc1cc(C(=O)NCc2nn[nH]n2)sc1Br. The van der Waals surface area contributed by atoms with E-state index in [0.717, 1.165) is 9.35 Å². The van der Waals surface area contributed by atoms with Crippen molar-refractivity contribution in [2.24, 2.45) is 0 Å². The van der Waals surface area contributed by atoms with E-state index in [2.05, 4.69) is 41.9 Å². The fourth-order valence-corrected chi connectivity index (χ4v) is 2.53. The maximum atomic E-state index is 11.7. The fourth-order valence-electron chi connectivity index (χ4n) is 1.08. The average molecular weight is 302 g/mol. The van der Waals surface area contributed by atoms with Gasteiger partial charge >= 0.3 is 0 Å². The van der Waals surface area contributed by atoms with Gasteiger partial charge in [0.25, 0.3) is 5.91 Å². The largest absolute Gasteiger partial charge is 0.344 e. The number of nitrogens with zero attached hydrogens (tertiary/aromatic N) is 3. The first-order chi connectivity index (χ1) is 7.66. The number of hydrogen-bond acceptors (Lipinski definition) is 5. The van der Waals surface area contributed by atoms with Crippen LogP contribution in [0.3, 0.4) is 0 Å². The lowest BCUT2D eigenvalue weighted by Gasteiger charge is -1.98. The Hall–Kier alpha value is -1.28. The number of aryl methyl sites for hydroxylation is 1. The first kappa shape index (κ1) is 11.2. The zero-order valence-corrected chi connectivity index (χ0v) is 10.7. The number of aromatic nitrogens is 4. The van der Waals surface area contributed by atoms with Crippen LogP contribution in [0.25, 0.3) is 0 Å². The van der Waals surface area contributed by atoms with E-state index < -0.39 is 0 Å². The van der Waals surface area contributed by atoms with Crippen molar-refractivity contribution in [2.75, 3.05) is 0 Å². The molecule has 8 heteroatoms. The normalized spacial score (nSPS) is 10.4. The highest BCUT2D eigenvalue weighted by molar-refractivity contribution is 9.11. The van der Waals surface area contributed by atoms with Gasteiger partial charge in [0.15, 0.2) is 5.82 Å². The highest BCUT2D eigenvalue weighted by Gasteiger charge is 2.11. The molecule has 0 aliphatic rings. The number of hydrogen-bond donors (Lipinski definition) is 2. The maximum absolute atomic E-state index is 11.7. The van der Waals surface area contributed by atoms with Gasteiger partial charge in [-0.25, -0.2) is 0 Å². The molecule has 6 nitrogen and oxygen atoms in total. The second kappa shape index (κ2) is 4.71. The summed E-state index contributed by atoms with van der Waals surface area (Å²) < 4.78 is 0.970. The lowest BCUT2D eigenvalue weighted by Crippen LogP contribution is -2.22. The predicted octanol–water partition coefficient (Wildman–Crippen LogP) is 1.26. The summed E-state index contributed by atoms with van der Waals surface area (Å²) in [6, 6.07) is 1.83. The topological polar surface area (TPSA) is 83.6 Å². The highest BCUT2D eigenvalue weighted by Crippen LogP contribution is 2.27. The van der Waals surface area contributed by atoms with E-state index in [1.54, 1.807) is 0 Å². The standard InChI is InChI=1S/C8H8BrN5OS/c1-4-2-5(16-7(4)9)8(15)10-3-6-11-13-14-12-6/h2H,3H2,1H3,(H,10,15)(H,11,12,13,14). The van der Waals surface area contributed by atoms with E-state index >= 15 is 0 Å². The molecule has 0 atom stereocenters. The molecule has 2 aromatic heterocycles. The van der Waals surface area contributed by atoms with E-state index in [1.165, 1.54) is 11.3 Å². The van der Waals surface area contributed by atoms with Crippen molar-refractivity contribution in [2.45, 2.75) is 13.5 Å². The third-order valence-electron chi connectivity index (χ3n) is 1.88. The number of halogens is 1. The van der Waals surface area contributed by atoms with Gasteiger partial charge in [0, 0.05) is 0 Å². The molecule has 0 saturated heterocycles. The Labute approximate surface area is 104 Å². The molecular formula is C8H8BrN5OS. The number of carbonyl (C=O) groups is 1. The van der Waals surface area contributed by atoms with Crippen LogP contribution in [0.4, 0.5) is 0 Å². The van der Waals surface area contributed by atoms with E-state index in [1.807, 2.05) is 13.0 Å². The maximum Gasteiger partial charge on any atom is 0.261 e. The second-order valence-corrected chi connectivity index (χ2v) is 5.45. The number of thiophene rings is 1. The Morgan fingerprint density at radius 1 is 1.69 bits per heavy atom. The second-order valence-electron chi connectivity index (χ2n) is 3.08. The molecule has 2 heterocycles. The number of nitrogens with one attached hydrogen (secondary N) is 2. The third-order valence-corrected chi connectivity index (χ3v) is 4.01. The molecule has 0 unspecified atom stereocenters. The predicted molar refractivity (Wildman–Crippen MR) is 62.1 cm³/mol. The molecule has 0 spiro atoms. The number of aromatic amines is 1. The van der Waals surface area contributed by atoms with Gasteiger partial charge in [0.2, 0.25) is 0 Å². The average Bonchev–Trinajstić information content (AvgIpc) is 2.86. The quantitative estimate of drug-likeness (QED) is 0.894. The summed E-state index contributed by atoms with van der Waals surface area (Å²) in [5.41, 5.74) is 1.05. The van der Waals surface area contributed by atoms with Crippen molar-refractivity contribution >= 4 is 33.2 Å². The van der Waals surface area contributed by atoms with Crippen molar-refractivity contribution in [3.8, 4) is 0 Å². The van der Waals surface area contributed by atoms with E-state index in [-0.39, 0.29) is 12.5 Å². The molecule has 16 heavy (non-hydrogen) atoms. The van der Waals surface area contributed by atoms with E-state index in [0.29, 0.717) is 10.7 Å². The molecular weight excluding hydrogens is 294 g/mol. The lowest BCUT2D eigenvalue weighted by atomic mass is 10.3. The Morgan fingerprint density at radius 2 is 2.50 bits per heavy atom. The Morgan fingerprint density at radius 3 is 3.06 bits per heavy atom. The van der Waals surface area contributed by atoms with Gasteiger partial charge in [-0.1, -0.05) is 5.21 Å². The van der Waals surface area contributed by atoms with Crippen LogP contribution in [-0.2, 0) is 6.54 Å². The van der Waals surface area contributed by atoms with Crippen LogP contribution in [0, 0.1) is 6.92 Å². The molecule has 2 aromatic rings. The van der Waals surface area contributed by atoms with Gasteiger partial charge < -0.3 is 5.32 Å². The van der Waals surface area contributed by atoms with Crippen molar-refractivity contribution in [1.82, 2.24) is 25.9 Å². The molecule has 0 aliphatic heterocycles. The van der Waals surface area contributed by atoms with Crippen LogP contribution in [0.2, 0.25) is 0 Å². The summed E-state index contributed by atoms with van der Waals surface area (Å²) in [6.45, 7) is 2.21. The minimum Gasteiger partial charge on any atom is -0.344 e. The minimum atomic E-state index is -0.136. The van der Waals surface area contributed by atoms with E-state index in [9.17, 15) is 4.79 Å². The molecule has 0 aliphatic carbocycles.